The molecule has 21 rings (SSSR count). The lowest BCUT2D eigenvalue weighted by Gasteiger charge is -2.30. The van der Waals surface area contributed by atoms with Crippen molar-refractivity contribution in [3.05, 3.63) is 384 Å². The predicted octanol–water partition coefficient (Wildman–Crippen LogP) is 30.2. The van der Waals surface area contributed by atoms with Crippen LogP contribution in [0.25, 0.3) is 77.6 Å². The average Bonchev–Trinajstić information content (AvgIpc) is 1.52. The molecule has 0 unspecified atom stereocenters. The molecule has 15 aromatic carbocycles. The molecule has 0 amide bonds. The van der Waals surface area contributed by atoms with Gasteiger partial charge in [0.05, 0.1) is 16.1 Å². The van der Waals surface area contributed by atoms with Crippen LogP contribution in [0.15, 0.2) is 349 Å². The van der Waals surface area contributed by atoms with Gasteiger partial charge in [-0.3, -0.25) is 0 Å². The molecule has 4 aliphatic carbocycles. The summed E-state index contributed by atoms with van der Waals surface area (Å²) in [6.07, 6.45) is 0. The van der Waals surface area contributed by atoms with Crippen LogP contribution < -0.4 is 30.0 Å². The first-order valence-electron chi connectivity index (χ1n) is 41.8. The van der Waals surface area contributed by atoms with E-state index < -0.39 is 16.1 Å². The highest BCUT2D eigenvalue weighted by atomic mass is 28.3. The van der Waals surface area contributed by atoms with Crippen LogP contribution in [0.2, 0.25) is 39.3 Å². The molecule has 0 saturated heterocycles. The van der Waals surface area contributed by atoms with Crippen molar-refractivity contribution in [2.75, 3.05) is 19.6 Å². The van der Waals surface area contributed by atoms with E-state index in [1.54, 1.807) is 0 Å². The standard InChI is InChI=1S/C57H50N2OSi.C53H48N2OSi/c1-56(2)50-35-43(58(39-17-10-8-11-18-39)41-24-29-45(30-25-41)61(5,6)7)27-32-48(50)54-52(56)53-55(60-54)49-33-28-44(36-51(49)57(53,3)4)59(40-19-12-9-13-20-40)42-26-31-47-38(34-42)23-22-37-16-14-15-21-46(37)47;1-52(2)46-33-41(54(37-18-10-8-11-19-37)39-24-28-43(29-25-39)57(5,6)7)26-30-44(46)50-48(52)49-51(56-50)45-31-27-42(34-47(45)53(49,3)4)55(38-20-12-9-13-21-38)40-23-22-35-16-14-15-17-36(35)32-40/h8-36H,1-7H3;8-34H,1-7H3. The summed E-state index contributed by atoms with van der Waals surface area (Å²) in [5.74, 6) is 4.05. The SMILES string of the molecule is CC1(C)c2cc(N(c3ccccc3)c3ccc([Si](C)(C)C)cc3)ccc2-c2oc3c(c21)C(C)(C)c1cc(N(c2ccccc2)c2ccc4c(ccc5ccccc54)c2)ccc1-3.CC1(C)c2cc(N(c3ccccc3)c3ccc([Si](C)(C)C)cc3)ccc2-c2oc3c(c21)C(C)(C)c1cc(N(c2ccccc2)c2ccc4ccccc4c2)ccc1-3. The Morgan fingerprint density at radius 3 is 0.788 bits per heavy atom. The summed E-state index contributed by atoms with van der Waals surface area (Å²) >= 11 is 0. The van der Waals surface area contributed by atoms with E-state index >= 15 is 0 Å². The molecule has 0 saturated carbocycles. The molecular formula is C110H98N4O2Si2. The molecule has 0 bridgehead atoms. The minimum Gasteiger partial charge on any atom is -0.455 e. The van der Waals surface area contributed by atoms with Gasteiger partial charge in [0.25, 0.3) is 0 Å². The van der Waals surface area contributed by atoms with Crippen LogP contribution in [0.3, 0.4) is 0 Å². The van der Waals surface area contributed by atoms with Gasteiger partial charge in [-0.05, 0) is 224 Å². The van der Waals surface area contributed by atoms with Gasteiger partial charge in [0.15, 0.2) is 0 Å². The second kappa shape index (κ2) is 27.5. The molecule has 6 nitrogen and oxygen atoms in total. The third-order valence-corrected chi connectivity index (χ3v) is 30.2. The summed E-state index contributed by atoms with van der Waals surface area (Å²) < 4.78 is 14.2. The largest absolute Gasteiger partial charge is 0.455 e. The minimum atomic E-state index is -1.44. The smallest absolute Gasteiger partial charge is 0.139 e. The van der Waals surface area contributed by atoms with Gasteiger partial charge in [-0.2, -0.15) is 0 Å². The summed E-state index contributed by atoms with van der Waals surface area (Å²) in [7, 11) is -2.88. The van der Waals surface area contributed by atoms with E-state index in [1.807, 2.05) is 0 Å². The van der Waals surface area contributed by atoms with Gasteiger partial charge in [-0.1, -0.05) is 275 Å². The summed E-state index contributed by atoms with van der Waals surface area (Å²) in [4.78, 5) is 9.57. The van der Waals surface area contributed by atoms with Crippen molar-refractivity contribution in [2.24, 2.45) is 0 Å². The fourth-order valence-electron chi connectivity index (χ4n) is 19.9. The Hall–Kier alpha value is -12.7. The van der Waals surface area contributed by atoms with Crippen LogP contribution in [0.5, 0.6) is 0 Å². The molecule has 0 aliphatic heterocycles. The zero-order valence-electron chi connectivity index (χ0n) is 69.9. The Kier molecular flexibility index (Phi) is 17.2. The highest BCUT2D eigenvalue weighted by molar-refractivity contribution is 6.89. The maximum absolute atomic E-state index is 7.14. The quantitative estimate of drug-likeness (QED) is 0.0798. The van der Waals surface area contributed by atoms with Gasteiger partial charge in [-0.25, -0.2) is 0 Å². The van der Waals surface area contributed by atoms with Crippen molar-refractivity contribution in [3.8, 4) is 45.3 Å². The average molecular weight is 1560 g/mol. The fraction of sp³-hybridized carbons (Fsp3) is 0.164. The molecular weight excluding hydrogens is 1470 g/mol. The molecule has 578 valence electrons. The van der Waals surface area contributed by atoms with Crippen LogP contribution in [0.4, 0.5) is 68.2 Å². The molecule has 0 atom stereocenters. The lowest BCUT2D eigenvalue weighted by molar-refractivity contribution is 0.592. The van der Waals surface area contributed by atoms with E-state index in [9.17, 15) is 0 Å². The first-order valence-corrected chi connectivity index (χ1v) is 48.8. The normalized spacial score (nSPS) is 14.5. The summed E-state index contributed by atoms with van der Waals surface area (Å²) in [5.41, 5.74) is 27.8. The third-order valence-electron chi connectivity index (χ3n) is 26.1. The maximum atomic E-state index is 7.14. The molecule has 0 radical (unpaired) electrons. The first kappa shape index (κ1) is 74.1. The van der Waals surface area contributed by atoms with Gasteiger partial charge in [0, 0.05) is 134 Å². The molecule has 0 spiro atoms. The Morgan fingerprint density at radius 2 is 0.441 bits per heavy atom. The molecule has 0 fully saturated rings. The summed E-state index contributed by atoms with van der Waals surface area (Å²) in [6, 6.07) is 125. The number of benzene rings is 15. The summed E-state index contributed by atoms with van der Waals surface area (Å²) in [5, 5.41) is 10.4. The highest BCUT2D eigenvalue weighted by Crippen LogP contribution is 2.65. The lowest BCUT2D eigenvalue weighted by atomic mass is 9.74. The van der Waals surface area contributed by atoms with Gasteiger partial charge < -0.3 is 28.4 Å². The van der Waals surface area contributed by atoms with Crippen molar-refractivity contribution in [2.45, 2.75) is 116 Å². The number of nitrogens with zero attached hydrogens (tertiary/aromatic N) is 4. The van der Waals surface area contributed by atoms with Crippen LogP contribution in [0, 0.1) is 0 Å². The lowest BCUT2D eigenvalue weighted by Crippen LogP contribution is -2.37. The zero-order valence-corrected chi connectivity index (χ0v) is 71.9. The van der Waals surface area contributed by atoms with Crippen LogP contribution in [-0.4, -0.2) is 16.1 Å². The van der Waals surface area contributed by atoms with Crippen molar-refractivity contribution >= 4 is 127 Å². The van der Waals surface area contributed by atoms with Crippen molar-refractivity contribution in [1.29, 1.82) is 0 Å². The van der Waals surface area contributed by atoms with Crippen molar-refractivity contribution in [3.63, 3.8) is 0 Å². The highest BCUT2D eigenvalue weighted by Gasteiger charge is 2.52. The van der Waals surface area contributed by atoms with Gasteiger partial charge >= 0.3 is 0 Å². The van der Waals surface area contributed by atoms with E-state index in [-0.39, 0.29) is 21.7 Å². The van der Waals surface area contributed by atoms with Crippen molar-refractivity contribution in [1.82, 2.24) is 0 Å². The second-order valence-electron chi connectivity index (χ2n) is 36.9. The molecule has 2 aromatic heterocycles. The Bertz CT molecular complexity index is 6820. The Morgan fingerprint density at radius 1 is 0.203 bits per heavy atom. The number of furan rings is 2. The van der Waals surface area contributed by atoms with E-state index in [0.717, 1.165) is 91.3 Å². The van der Waals surface area contributed by atoms with E-state index in [4.69, 9.17) is 8.83 Å². The Labute approximate surface area is 696 Å². The topological polar surface area (TPSA) is 39.2 Å². The number of hydrogen-bond acceptors (Lipinski definition) is 6. The van der Waals surface area contributed by atoms with Gasteiger partial charge in [0.2, 0.25) is 0 Å². The molecule has 17 aromatic rings. The van der Waals surface area contributed by atoms with Crippen LogP contribution >= 0.6 is 0 Å². The second-order valence-corrected chi connectivity index (χ2v) is 47.1. The molecule has 4 aliphatic rings. The maximum Gasteiger partial charge on any atom is 0.139 e. The summed E-state index contributed by atoms with van der Waals surface area (Å²) in [6.45, 7) is 33.5. The van der Waals surface area contributed by atoms with Gasteiger partial charge in [-0.15, -0.1) is 0 Å². The molecule has 118 heavy (non-hydrogen) atoms. The number of fused-ring (bicyclic) bond motifs is 18. The molecule has 8 heteroatoms. The first-order chi connectivity index (χ1) is 56.8. The molecule has 2 heterocycles. The zero-order chi connectivity index (χ0) is 81.1. The van der Waals surface area contributed by atoms with Crippen molar-refractivity contribution < 1.29 is 8.83 Å². The monoisotopic (exact) mass is 1560 g/mol. The minimum absolute atomic E-state index is 0.273. The Balaban J connectivity index is 0.000000152. The number of hydrogen-bond donors (Lipinski definition) is 0. The fourth-order valence-corrected chi connectivity index (χ4v) is 22.2. The van der Waals surface area contributed by atoms with Gasteiger partial charge in [0.1, 0.15) is 23.0 Å². The van der Waals surface area contributed by atoms with Crippen LogP contribution in [0.1, 0.15) is 99.9 Å². The third kappa shape index (κ3) is 12.0. The number of para-hydroxylation sites is 4. The van der Waals surface area contributed by atoms with E-state index in [2.05, 4.69) is 454 Å². The number of rotatable bonds is 14. The van der Waals surface area contributed by atoms with E-state index in [1.165, 1.54) is 109 Å². The van der Waals surface area contributed by atoms with Crippen LogP contribution in [-0.2, 0) is 21.7 Å². The molecule has 0 N–H and O–H groups in total. The predicted molar refractivity (Wildman–Crippen MR) is 505 cm³/mol. The number of anilines is 12. The van der Waals surface area contributed by atoms with E-state index in [0.29, 0.717) is 0 Å².